The summed E-state index contributed by atoms with van der Waals surface area (Å²) in [6.07, 6.45) is 0.848. The highest BCUT2D eigenvalue weighted by molar-refractivity contribution is 7.80. The molecule has 2 rings (SSSR count). The first-order valence-electron chi connectivity index (χ1n) is 4.64. The molecule has 0 fully saturated rings. The number of benzene rings is 2. The number of hydrogen-bond acceptors (Lipinski definition) is 2. The van der Waals surface area contributed by atoms with Crippen molar-refractivity contribution in [3.05, 3.63) is 54.1 Å². The Kier molecular flexibility index (Phi) is 2.88. The third-order valence-corrected chi connectivity index (χ3v) is 2.55. The first-order chi connectivity index (χ1) is 7.29. The summed E-state index contributed by atoms with van der Waals surface area (Å²) in [5, 5.41) is 0. The maximum Gasteiger partial charge on any atom is 0.150 e. The highest BCUT2D eigenvalue weighted by atomic mass is 32.1. The number of carbonyl (C=O) groups is 1. The number of hydrogen-bond donors (Lipinski definition) is 1. The van der Waals surface area contributed by atoms with Gasteiger partial charge in [-0.05, 0) is 23.3 Å². The van der Waals surface area contributed by atoms with Crippen LogP contribution in [-0.4, -0.2) is 6.29 Å². The molecule has 0 aliphatic carbocycles. The van der Waals surface area contributed by atoms with E-state index in [1.165, 1.54) is 0 Å². The van der Waals surface area contributed by atoms with Crippen LogP contribution >= 0.6 is 12.6 Å². The van der Waals surface area contributed by atoms with E-state index >= 15 is 0 Å². The molecule has 1 nitrogen and oxygen atoms in total. The van der Waals surface area contributed by atoms with E-state index in [0.29, 0.717) is 5.56 Å². The van der Waals surface area contributed by atoms with Crippen LogP contribution in [0, 0.1) is 0 Å². The van der Waals surface area contributed by atoms with Crippen molar-refractivity contribution in [1.82, 2.24) is 0 Å². The van der Waals surface area contributed by atoms with Crippen LogP contribution in [0.5, 0.6) is 0 Å². The molecule has 0 amide bonds. The highest BCUT2D eigenvalue weighted by Gasteiger charge is 1.97. The molecule has 74 valence electrons. The first kappa shape index (κ1) is 9.99. The van der Waals surface area contributed by atoms with Crippen molar-refractivity contribution in [2.24, 2.45) is 0 Å². The van der Waals surface area contributed by atoms with Gasteiger partial charge in [0.1, 0.15) is 6.29 Å². The maximum absolute atomic E-state index is 10.5. The number of aldehydes is 1. The normalized spacial score (nSPS) is 9.93. The second-order valence-corrected chi connectivity index (χ2v) is 3.80. The topological polar surface area (TPSA) is 17.1 Å². The van der Waals surface area contributed by atoms with Crippen molar-refractivity contribution in [1.29, 1.82) is 0 Å². The number of rotatable bonds is 2. The van der Waals surface area contributed by atoms with E-state index in [1.807, 2.05) is 48.5 Å². The molecule has 0 radical (unpaired) electrons. The molecule has 0 heterocycles. The molecule has 0 saturated heterocycles. The molecule has 0 aromatic heterocycles. The Morgan fingerprint density at radius 2 is 1.27 bits per heavy atom. The molecule has 0 N–H and O–H groups in total. The summed E-state index contributed by atoms with van der Waals surface area (Å²) in [6, 6.07) is 15.4. The average molecular weight is 214 g/mol. The monoisotopic (exact) mass is 214 g/mol. The van der Waals surface area contributed by atoms with Crippen LogP contribution in [0.4, 0.5) is 0 Å². The molecule has 0 aliphatic heterocycles. The van der Waals surface area contributed by atoms with Crippen molar-refractivity contribution in [2.75, 3.05) is 0 Å². The van der Waals surface area contributed by atoms with Crippen LogP contribution in [0.2, 0.25) is 0 Å². The van der Waals surface area contributed by atoms with Gasteiger partial charge in [0.2, 0.25) is 0 Å². The number of carbonyl (C=O) groups excluding carboxylic acids is 1. The smallest absolute Gasteiger partial charge is 0.150 e. The molecule has 0 unspecified atom stereocenters. The van der Waals surface area contributed by atoms with Gasteiger partial charge in [-0.25, -0.2) is 0 Å². The Balaban J connectivity index is 2.37. The molecule has 0 spiro atoms. The Hall–Kier alpha value is -1.54. The molecule has 2 heteroatoms. The summed E-state index contributed by atoms with van der Waals surface area (Å²) in [7, 11) is 0. The largest absolute Gasteiger partial charge is 0.298 e. The quantitative estimate of drug-likeness (QED) is 0.598. The summed E-state index contributed by atoms with van der Waals surface area (Å²) >= 11 is 4.23. The van der Waals surface area contributed by atoms with E-state index in [0.717, 1.165) is 22.3 Å². The van der Waals surface area contributed by atoms with E-state index in [2.05, 4.69) is 12.6 Å². The summed E-state index contributed by atoms with van der Waals surface area (Å²) in [5.41, 5.74) is 2.93. The SMILES string of the molecule is O=Cc1ccc(-c2ccc(S)cc2)cc1. The zero-order chi connectivity index (χ0) is 10.7. The molecular formula is C13H10OS. The van der Waals surface area contributed by atoms with Gasteiger partial charge >= 0.3 is 0 Å². The molecule has 2 aromatic carbocycles. The minimum atomic E-state index is 0.699. The summed E-state index contributed by atoms with van der Waals surface area (Å²) in [4.78, 5) is 11.4. The number of thiol groups is 1. The van der Waals surface area contributed by atoms with Crippen LogP contribution in [0.15, 0.2) is 53.4 Å². The summed E-state index contributed by atoms with van der Waals surface area (Å²) in [6.45, 7) is 0. The Morgan fingerprint density at radius 1 is 0.800 bits per heavy atom. The lowest BCUT2D eigenvalue weighted by atomic mass is 10.0. The molecule has 0 aliphatic rings. The molecule has 2 aromatic rings. The molecule has 0 atom stereocenters. The van der Waals surface area contributed by atoms with Crippen LogP contribution in [-0.2, 0) is 0 Å². The average Bonchev–Trinajstić information content (AvgIpc) is 2.30. The van der Waals surface area contributed by atoms with Crippen LogP contribution in [0.3, 0.4) is 0 Å². The lowest BCUT2D eigenvalue weighted by Gasteiger charge is -2.01. The zero-order valence-electron chi connectivity index (χ0n) is 8.05. The van der Waals surface area contributed by atoms with E-state index < -0.39 is 0 Å². The first-order valence-corrected chi connectivity index (χ1v) is 5.09. The third-order valence-electron chi connectivity index (χ3n) is 2.25. The Morgan fingerprint density at radius 3 is 1.73 bits per heavy atom. The fraction of sp³-hybridized carbons (Fsp3) is 0. The van der Waals surface area contributed by atoms with Gasteiger partial charge in [-0.3, -0.25) is 4.79 Å². The second kappa shape index (κ2) is 4.32. The van der Waals surface area contributed by atoms with Gasteiger partial charge in [0.15, 0.2) is 0 Å². The Bertz CT molecular complexity index is 457. The van der Waals surface area contributed by atoms with Crippen LogP contribution < -0.4 is 0 Å². The van der Waals surface area contributed by atoms with Crippen LogP contribution in [0.1, 0.15) is 10.4 Å². The highest BCUT2D eigenvalue weighted by Crippen LogP contribution is 2.20. The molecule has 15 heavy (non-hydrogen) atoms. The standard InChI is InChI=1S/C13H10OS/c14-9-10-1-3-11(4-2-10)12-5-7-13(15)8-6-12/h1-9,15H. The van der Waals surface area contributed by atoms with Gasteiger partial charge < -0.3 is 0 Å². The Labute approximate surface area is 94.2 Å². The fourth-order valence-electron chi connectivity index (χ4n) is 1.41. The van der Waals surface area contributed by atoms with E-state index in [9.17, 15) is 4.79 Å². The van der Waals surface area contributed by atoms with E-state index in [1.54, 1.807) is 0 Å². The van der Waals surface area contributed by atoms with Gasteiger partial charge in [0.05, 0.1) is 0 Å². The van der Waals surface area contributed by atoms with Gasteiger partial charge in [-0.1, -0.05) is 36.4 Å². The zero-order valence-corrected chi connectivity index (χ0v) is 8.95. The molecule has 0 saturated carbocycles. The van der Waals surface area contributed by atoms with Crippen LogP contribution in [0.25, 0.3) is 11.1 Å². The predicted octanol–water partition coefficient (Wildman–Crippen LogP) is 3.45. The summed E-state index contributed by atoms with van der Waals surface area (Å²) in [5.74, 6) is 0. The van der Waals surface area contributed by atoms with Gasteiger partial charge in [-0.15, -0.1) is 12.6 Å². The lowest BCUT2D eigenvalue weighted by molar-refractivity contribution is 0.112. The van der Waals surface area contributed by atoms with Gasteiger partial charge in [-0.2, -0.15) is 0 Å². The van der Waals surface area contributed by atoms with Crippen molar-refractivity contribution < 1.29 is 4.79 Å². The maximum atomic E-state index is 10.5. The fourth-order valence-corrected chi connectivity index (χ4v) is 1.56. The minimum Gasteiger partial charge on any atom is -0.298 e. The van der Waals surface area contributed by atoms with Crippen molar-refractivity contribution >= 4 is 18.9 Å². The van der Waals surface area contributed by atoms with Gasteiger partial charge in [0, 0.05) is 10.5 Å². The second-order valence-electron chi connectivity index (χ2n) is 3.29. The van der Waals surface area contributed by atoms with E-state index in [4.69, 9.17) is 0 Å². The lowest BCUT2D eigenvalue weighted by Crippen LogP contribution is -1.80. The third kappa shape index (κ3) is 2.28. The molecular weight excluding hydrogens is 204 g/mol. The summed E-state index contributed by atoms with van der Waals surface area (Å²) < 4.78 is 0. The van der Waals surface area contributed by atoms with Crippen molar-refractivity contribution in [2.45, 2.75) is 4.90 Å². The van der Waals surface area contributed by atoms with Crippen molar-refractivity contribution in [3.8, 4) is 11.1 Å². The minimum absolute atomic E-state index is 0.699. The predicted molar refractivity (Wildman–Crippen MR) is 64.5 cm³/mol. The van der Waals surface area contributed by atoms with Crippen molar-refractivity contribution in [3.63, 3.8) is 0 Å². The van der Waals surface area contributed by atoms with Gasteiger partial charge in [0.25, 0.3) is 0 Å². The molecule has 0 bridgehead atoms. The van der Waals surface area contributed by atoms with E-state index in [-0.39, 0.29) is 0 Å².